The van der Waals surface area contributed by atoms with Gasteiger partial charge in [-0.2, -0.15) is 0 Å². The Morgan fingerprint density at radius 1 is 0.296 bits per heavy atom. The maximum Gasteiger partial charge on any atom is 0.0325 e. The van der Waals surface area contributed by atoms with Gasteiger partial charge in [-0.25, -0.2) is 8.88 Å². The van der Waals surface area contributed by atoms with Crippen LogP contribution in [0.4, 0.5) is 0 Å². The van der Waals surface area contributed by atoms with Crippen LogP contribution in [0, 0.1) is 5.92 Å². The molecule has 0 bridgehead atoms. The van der Waals surface area contributed by atoms with Gasteiger partial charge < -0.3 is 4.90 Å². The van der Waals surface area contributed by atoms with E-state index >= 15 is 0 Å². The second-order valence-electron chi connectivity index (χ2n) is 18.7. The predicted octanol–water partition coefficient (Wildman–Crippen LogP) is 13.9. The van der Waals surface area contributed by atoms with Gasteiger partial charge in [0, 0.05) is 44.4 Å². The van der Waals surface area contributed by atoms with Crippen molar-refractivity contribution in [3.8, 4) is 0 Å². The Kier molecular flexibility index (Phi) is 20.8. The number of hydrogen-bond acceptors (Lipinski definition) is 3. The molecule has 0 radical (unpaired) electrons. The highest BCUT2D eigenvalue weighted by molar-refractivity contribution is 7.85. The van der Waals surface area contributed by atoms with Gasteiger partial charge in [-0.3, -0.25) is 0 Å². The maximum atomic E-state index is 2.96. The van der Waals surface area contributed by atoms with Gasteiger partial charge in [-0.05, 0) is 120 Å². The first-order valence-corrected chi connectivity index (χ1v) is 31.1. The largest absolute Gasteiger partial charge is 0.304 e. The monoisotopic (exact) mass is 1010 g/mol. The van der Waals surface area contributed by atoms with Crippen LogP contribution in [0.1, 0.15) is 66.2 Å². The molecule has 0 aromatic heterocycles. The van der Waals surface area contributed by atoms with Crippen molar-refractivity contribution in [2.24, 2.45) is 5.92 Å². The lowest BCUT2D eigenvalue weighted by Crippen LogP contribution is -2.37. The lowest BCUT2D eigenvalue weighted by Gasteiger charge is -2.43. The molecule has 0 amide bonds. The minimum absolute atomic E-state index is 0.364. The summed E-state index contributed by atoms with van der Waals surface area (Å²) in [7, 11) is -3.25. The SMILES string of the molecule is CCN(CCCC(C)CCC(C)N(P(c1ccccc1)c1ccccc1)P(c1ccccc1)c1ccccc1)CCCC(C)N(P(c1ccccc1)c1ccccc1)P(c1ccccc1)c1ccccc1. The summed E-state index contributed by atoms with van der Waals surface area (Å²) in [5.41, 5.74) is 0. The molecule has 8 aromatic rings. The van der Waals surface area contributed by atoms with Crippen molar-refractivity contribution in [3.05, 3.63) is 243 Å². The van der Waals surface area contributed by atoms with E-state index in [1.54, 1.807) is 0 Å². The van der Waals surface area contributed by atoms with Crippen molar-refractivity contribution in [2.75, 3.05) is 19.6 Å². The molecule has 0 spiro atoms. The number of nitrogens with zero attached hydrogens (tertiary/aromatic N) is 3. The standard InChI is InChI=1S/C64H73N3P4/c1-5-65(53-31-33-55(3)66(68(57-34-14-6-15-35-57)58-36-16-7-17-37-58)69(59-38-18-8-19-39-59)60-40-20-9-21-41-60)52-30-32-54(2)50-51-56(4)67(70(61-42-22-10-23-43-61)62-44-24-11-25-45-62)71(63-46-26-12-27-47-63)64-48-28-13-29-49-64/h6-29,34-49,54-56H,5,30-33,50-53H2,1-4H3. The molecule has 364 valence electrons. The van der Waals surface area contributed by atoms with Crippen molar-refractivity contribution in [1.82, 2.24) is 13.8 Å². The average molecular weight is 1010 g/mol. The molecule has 0 fully saturated rings. The first-order valence-electron chi connectivity index (χ1n) is 25.9. The van der Waals surface area contributed by atoms with E-state index < -0.39 is 32.3 Å². The van der Waals surface area contributed by atoms with Gasteiger partial charge in [0.05, 0.1) is 0 Å². The highest BCUT2D eigenvalue weighted by atomic mass is 31.2. The minimum Gasteiger partial charge on any atom is -0.304 e. The summed E-state index contributed by atoms with van der Waals surface area (Å²) in [5.74, 6) is 0.649. The molecular formula is C64H73N3P4. The van der Waals surface area contributed by atoms with E-state index in [1.165, 1.54) is 68.1 Å². The molecule has 0 saturated heterocycles. The molecule has 0 aliphatic heterocycles. The van der Waals surface area contributed by atoms with Gasteiger partial charge in [-0.1, -0.05) is 257 Å². The highest BCUT2D eigenvalue weighted by Gasteiger charge is 2.36. The van der Waals surface area contributed by atoms with Crippen molar-refractivity contribution in [1.29, 1.82) is 0 Å². The smallest absolute Gasteiger partial charge is 0.0325 e. The molecule has 8 rings (SSSR count). The minimum atomic E-state index is -0.813. The van der Waals surface area contributed by atoms with Gasteiger partial charge >= 0.3 is 0 Å². The van der Waals surface area contributed by atoms with Crippen LogP contribution in [0.2, 0.25) is 0 Å². The molecule has 0 aliphatic carbocycles. The van der Waals surface area contributed by atoms with Crippen molar-refractivity contribution < 1.29 is 0 Å². The van der Waals surface area contributed by atoms with Crippen LogP contribution in [-0.2, 0) is 0 Å². The van der Waals surface area contributed by atoms with E-state index in [0.29, 0.717) is 18.0 Å². The van der Waals surface area contributed by atoms with E-state index in [1.807, 2.05) is 0 Å². The fourth-order valence-electron chi connectivity index (χ4n) is 9.67. The van der Waals surface area contributed by atoms with E-state index in [2.05, 4.69) is 284 Å². The summed E-state index contributed by atoms with van der Waals surface area (Å²) < 4.78 is 5.91. The van der Waals surface area contributed by atoms with E-state index in [-0.39, 0.29) is 0 Å². The second-order valence-corrected chi connectivity index (χ2v) is 27.7. The van der Waals surface area contributed by atoms with Crippen LogP contribution in [0.25, 0.3) is 0 Å². The molecule has 0 saturated carbocycles. The van der Waals surface area contributed by atoms with Gasteiger partial charge in [0.25, 0.3) is 0 Å². The zero-order valence-electron chi connectivity index (χ0n) is 42.3. The molecule has 7 heteroatoms. The molecule has 3 nitrogen and oxygen atoms in total. The third kappa shape index (κ3) is 14.5. The summed E-state index contributed by atoms with van der Waals surface area (Å²) in [4.78, 5) is 2.72. The quantitative estimate of drug-likeness (QED) is 0.0501. The molecular weight excluding hydrogens is 935 g/mol. The summed E-state index contributed by atoms with van der Waals surface area (Å²) >= 11 is 0. The lowest BCUT2D eigenvalue weighted by atomic mass is 9.97. The highest BCUT2D eigenvalue weighted by Crippen LogP contribution is 2.58. The van der Waals surface area contributed by atoms with Crippen LogP contribution in [-0.4, -0.2) is 45.5 Å². The van der Waals surface area contributed by atoms with Gasteiger partial charge in [0.1, 0.15) is 0 Å². The molecule has 0 aliphatic rings. The van der Waals surface area contributed by atoms with Crippen LogP contribution >= 0.6 is 32.3 Å². The van der Waals surface area contributed by atoms with Crippen molar-refractivity contribution >= 4 is 74.7 Å². The lowest BCUT2D eigenvalue weighted by molar-refractivity contribution is 0.260. The normalized spacial score (nSPS) is 13.2. The zero-order chi connectivity index (χ0) is 49.0. The molecule has 3 atom stereocenters. The molecule has 0 N–H and O–H groups in total. The first-order chi connectivity index (χ1) is 35.0. The summed E-state index contributed by atoms with van der Waals surface area (Å²) in [5, 5.41) is 11.3. The van der Waals surface area contributed by atoms with Crippen LogP contribution in [0.3, 0.4) is 0 Å². The molecule has 0 heterocycles. The van der Waals surface area contributed by atoms with E-state index in [9.17, 15) is 0 Å². The van der Waals surface area contributed by atoms with E-state index in [0.717, 1.165) is 32.5 Å². The third-order valence-corrected chi connectivity index (χ3v) is 25.1. The van der Waals surface area contributed by atoms with E-state index in [4.69, 9.17) is 0 Å². The average Bonchev–Trinajstić information content (AvgIpc) is 3.44. The maximum absolute atomic E-state index is 2.96. The first kappa shape index (κ1) is 52.7. The molecule has 71 heavy (non-hydrogen) atoms. The Morgan fingerprint density at radius 2 is 0.521 bits per heavy atom. The van der Waals surface area contributed by atoms with Gasteiger partial charge in [0.15, 0.2) is 0 Å². The third-order valence-electron chi connectivity index (χ3n) is 13.4. The summed E-state index contributed by atoms with van der Waals surface area (Å²) in [6.07, 6.45) is 7.17. The fraction of sp³-hybridized carbons (Fsp3) is 0.250. The Bertz CT molecular complexity index is 2350. The molecule has 8 aromatic carbocycles. The Balaban J connectivity index is 0.952. The molecule has 3 unspecified atom stereocenters. The topological polar surface area (TPSA) is 9.72 Å². The van der Waals surface area contributed by atoms with Crippen molar-refractivity contribution in [2.45, 2.75) is 78.3 Å². The Labute approximate surface area is 432 Å². The summed E-state index contributed by atoms with van der Waals surface area (Å²) in [6, 6.07) is 91.4. The Morgan fingerprint density at radius 3 is 0.761 bits per heavy atom. The summed E-state index contributed by atoms with van der Waals surface area (Å²) in [6.45, 7) is 13.3. The number of rotatable bonds is 26. The Hall–Kier alpha value is -4.64. The predicted molar refractivity (Wildman–Crippen MR) is 318 cm³/mol. The number of hydrogen-bond donors (Lipinski definition) is 0. The van der Waals surface area contributed by atoms with Crippen LogP contribution < -0.4 is 42.4 Å². The fourth-order valence-corrected chi connectivity index (χ4v) is 22.3. The van der Waals surface area contributed by atoms with Crippen molar-refractivity contribution in [3.63, 3.8) is 0 Å². The second kappa shape index (κ2) is 28.0. The number of benzene rings is 8. The van der Waals surface area contributed by atoms with Gasteiger partial charge in [-0.15, -0.1) is 0 Å². The van der Waals surface area contributed by atoms with Crippen LogP contribution in [0.15, 0.2) is 243 Å². The zero-order valence-corrected chi connectivity index (χ0v) is 45.9. The van der Waals surface area contributed by atoms with Gasteiger partial charge in [0.2, 0.25) is 0 Å². The van der Waals surface area contributed by atoms with Crippen LogP contribution in [0.5, 0.6) is 0 Å².